The van der Waals surface area contributed by atoms with Crippen LogP contribution in [0.5, 0.6) is 0 Å². The van der Waals surface area contributed by atoms with E-state index in [1.54, 1.807) is 12.4 Å². The van der Waals surface area contributed by atoms with Crippen molar-refractivity contribution in [2.24, 2.45) is 5.73 Å². The van der Waals surface area contributed by atoms with E-state index in [9.17, 15) is 0 Å². The fraction of sp³-hybridized carbons (Fsp3) is 0.130. The zero-order chi connectivity index (χ0) is 21.1. The third kappa shape index (κ3) is 3.97. The van der Waals surface area contributed by atoms with E-state index >= 15 is 0 Å². The first-order valence-corrected chi connectivity index (χ1v) is 9.47. The molecule has 0 aliphatic rings. The molecule has 0 radical (unpaired) electrons. The number of hydrogen-bond donors (Lipinski definition) is 1. The van der Waals surface area contributed by atoms with Gasteiger partial charge in [0, 0.05) is 37.5 Å². The van der Waals surface area contributed by atoms with E-state index in [1.165, 1.54) is 0 Å². The molecule has 7 heteroatoms. The Labute approximate surface area is 174 Å². The number of nitrogens with two attached hydrogens (primary N) is 1. The summed E-state index contributed by atoms with van der Waals surface area (Å²) < 4.78 is 5.84. The van der Waals surface area contributed by atoms with Gasteiger partial charge in [-0.1, -0.05) is 43.0 Å². The Balaban J connectivity index is 1.61. The van der Waals surface area contributed by atoms with Crippen LogP contribution in [0.4, 0.5) is 0 Å². The van der Waals surface area contributed by atoms with Crippen LogP contribution in [0.15, 0.2) is 71.9 Å². The van der Waals surface area contributed by atoms with Crippen LogP contribution in [0, 0.1) is 0 Å². The minimum absolute atomic E-state index is 0.315. The Kier molecular flexibility index (Phi) is 5.36. The lowest BCUT2D eigenvalue weighted by atomic mass is 10.1. The summed E-state index contributed by atoms with van der Waals surface area (Å²) >= 11 is 0. The van der Waals surface area contributed by atoms with Gasteiger partial charge in [0.1, 0.15) is 5.69 Å². The molecule has 2 N–H and O–H groups in total. The monoisotopic (exact) mass is 398 g/mol. The smallest absolute Gasteiger partial charge is 0.268 e. The number of hydrogen-bond acceptors (Lipinski definition) is 7. The normalized spacial score (nSPS) is 10.8. The predicted octanol–water partition coefficient (Wildman–Crippen LogP) is 3.85. The van der Waals surface area contributed by atoms with Crippen molar-refractivity contribution >= 4 is 5.70 Å². The lowest BCUT2D eigenvalue weighted by Gasteiger charge is -2.15. The number of aromatic nitrogens is 4. The van der Waals surface area contributed by atoms with Crippen LogP contribution in [0.1, 0.15) is 11.1 Å². The highest BCUT2D eigenvalue weighted by Crippen LogP contribution is 2.26. The Morgan fingerprint density at radius 3 is 2.43 bits per heavy atom. The van der Waals surface area contributed by atoms with Crippen LogP contribution in [-0.4, -0.2) is 39.2 Å². The molecule has 2 aromatic carbocycles. The molecule has 150 valence electrons. The average molecular weight is 398 g/mol. The lowest BCUT2D eigenvalue weighted by Crippen LogP contribution is -2.08. The van der Waals surface area contributed by atoms with Gasteiger partial charge in [-0.2, -0.15) is 0 Å². The van der Waals surface area contributed by atoms with Gasteiger partial charge >= 0.3 is 0 Å². The van der Waals surface area contributed by atoms with Crippen LogP contribution < -0.4 is 5.73 Å². The van der Waals surface area contributed by atoms with Crippen molar-refractivity contribution in [2.75, 3.05) is 14.1 Å². The van der Waals surface area contributed by atoms with Crippen LogP contribution in [0.25, 0.3) is 40.0 Å². The van der Waals surface area contributed by atoms with Gasteiger partial charge in [0.2, 0.25) is 5.89 Å². The fourth-order valence-electron chi connectivity index (χ4n) is 2.97. The zero-order valence-corrected chi connectivity index (χ0v) is 16.9. The lowest BCUT2D eigenvalue weighted by molar-refractivity contribution is 0.581. The summed E-state index contributed by atoms with van der Waals surface area (Å²) in [5.41, 5.74) is 11.7. The predicted molar refractivity (Wildman–Crippen MR) is 117 cm³/mol. The minimum atomic E-state index is 0.315. The zero-order valence-electron chi connectivity index (χ0n) is 16.9. The van der Waals surface area contributed by atoms with Crippen molar-refractivity contribution in [3.8, 4) is 34.3 Å². The number of nitrogens with zero attached hydrogens (tertiary/aromatic N) is 5. The van der Waals surface area contributed by atoms with E-state index in [0.717, 1.165) is 33.6 Å². The molecule has 0 unspecified atom stereocenters. The topological polar surface area (TPSA) is 94.0 Å². The molecule has 0 amide bonds. The van der Waals surface area contributed by atoms with Gasteiger partial charge in [0.25, 0.3) is 5.89 Å². The molecular weight excluding hydrogens is 376 g/mol. The minimum Gasteiger partial charge on any atom is -0.415 e. The summed E-state index contributed by atoms with van der Waals surface area (Å²) in [6, 6.07) is 15.7. The highest BCUT2D eigenvalue weighted by atomic mass is 16.4. The average Bonchev–Trinajstić information content (AvgIpc) is 3.29. The molecule has 0 bridgehead atoms. The first-order valence-electron chi connectivity index (χ1n) is 9.47. The van der Waals surface area contributed by atoms with Crippen LogP contribution in [0.2, 0.25) is 0 Å². The molecule has 2 heterocycles. The van der Waals surface area contributed by atoms with E-state index in [4.69, 9.17) is 10.2 Å². The van der Waals surface area contributed by atoms with Gasteiger partial charge in [-0.05, 0) is 23.3 Å². The van der Waals surface area contributed by atoms with Gasteiger partial charge < -0.3 is 15.1 Å². The molecule has 0 aliphatic carbocycles. The highest BCUT2D eigenvalue weighted by Gasteiger charge is 2.13. The van der Waals surface area contributed by atoms with Gasteiger partial charge in [0.05, 0.1) is 18.1 Å². The van der Waals surface area contributed by atoms with Crippen LogP contribution in [-0.2, 0) is 6.54 Å². The standard InChI is InChI=1S/C23H22N6O/c1-15(29(2)3)17-7-9-18(10-8-17)20-13-25-14-21(26-20)23-28-27-22(30-23)19-6-4-5-16(11-19)12-24/h4-11,13-14H,1,12,24H2,2-3H3. The van der Waals surface area contributed by atoms with Crippen molar-refractivity contribution in [1.82, 2.24) is 25.1 Å². The largest absolute Gasteiger partial charge is 0.415 e. The third-order valence-electron chi connectivity index (χ3n) is 4.74. The molecule has 4 rings (SSSR count). The van der Waals surface area contributed by atoms with Gasteiger partial charge in [-0.15, -0.1) is 10.2 Å². The van der Waals surface area contributed by atoms with Gasteiger partial charge in [-0.25, -0.2) is 4.98 Å². The maximum Gasteiger partial charge on any atom is 0.268 e. The number of rotatable bonds is 6. The van der Waals surface area contributed by atoms with Crippen LogP contribution >= 0.6 is 0 Å². The molecule has 2 aromatic heterocycles. The molecule has 0 spiro atoms. The summed E-state index contributed by atoms with van der Waals surface area (Å²) in [6.45, 7) is 4.53. The summed E-state index contributed by atoms with van der Waals surface area (Å²) in [6.07, 6.45) is 3.32. The Morgan fingerprint density at radius 2 is 1.70 bits per heavy atom. The van der Waals surface area contributed by atoms with Crippen molar-refractivity contribution in [1.29, 1.82) is 0 Å². The maximum absolute atomic E-state index is 5.84. The third-order valence-corrected chi connectivity index (χ3v) is 4.74. The van der Waals surface area contributed by atoms with E-state index < -0.39 is 0 Å². The molecule has 4 aromatic rings. The molecule has 0 saturated heterocycles. The second kappa shape index (κ2) is 8.26. The summed E-state index contributed by atoms with van der Waals surface area (Å²) in [5, 5.41) is 8.29. The Hall–Kier alpha value is -3.84. The van der Waals surface area contributed by atoms with Crippen molar-refractivity contribution in [2.45, 2.75) is 6.54 Å². The SMILES string of the molecule is C=C(c1ccc(-c2cncc(-c3nnc(-c4cccc(CN)c4)o3)n2)cc1)N(C)C. The summed E-state index contributed by atoms with van der Waals surface area (Å²) in [5.74, 6) is 0.731. The molecule has 0 saturated carbocycles. The Morgan fingerprint density at radius 1 is 0.967 bits per heavy atom. The van der Waals surface area contributed by atoms with Crippen LogP contribution in [0.3, 0.4) is 0 Å². The van der Waals surface area contributed by atoms with Crippen molar-refractivity contribution in [3.63, 3.8) is 0 Å². The molecule has 7 nitrogen and oxygen atoms in total. The first-order chi connectivity index (χ1) is 14.5. The second-order valence-electron chi connectivity index (χ2n) is 7.02. The van der Waals surface area contributed by atoms with E-state index in [0.29, 0.717) is 24.0 Å². The highest BCUT2D eigenvalue weighted by molar-refractivity contribution is 5.67. The molecule has 0 fully saturated rings. The molecule has 0 atom stereocenters. The van der Waals surface area contributed by atoms with Crippen molar-refractivity contribution < 1.29 is 4.42 Å². The Bertz CT molecular complexity index is 1180. The van der Waals surface area contributed by atoms with E-state index in [-0.39, 0.29) is 0 Å². The first kappa shape index (κ1) is 19.5. The van der Waals surface area contributed by atoms with Crippen molar-refractivity contribution in [3.05, 3.63) is 78.6 Å². The second-order valence-corrected chi connectivity index (χ2v) is 7.02. The van der Waals surface area contributed by atoms with Gasteiger partial charge in [0.15, 0.2) is 0 Å². The molecular formula is C23H22N6O. The quantitative estimate of drug-likeness (QED) is 0.527. The number of benzene rings is 2. The summed E-state index contributed by atoms with van der Waals surface area (Å²) in [4.78, 5) is 10.9. The fourth-order valence-corrected chi connectivity index (χ4v) is 2.97. The van der Waals surface area contributed by atoms with Gasteiger partial charge in [-0.3, -0.25) is 4.98 Å². The van der Waals surface area contributed by atoms with E-state index in [2.05, 4.69) is 26.7 Å². The maximum atomic E-state index is 5.84. The molecule has 0 aliphatic heterocycles. The summed E-state index contributed by atoms with van der Waals surface area (Å²) in [7, 11) is 3.94. The van der Waals surface area contributed by atoms with E-state index in [1.807, 2.05) is 67.5 Å². The molecule has 30 heavy (non-hydrogen) atoms.